The summed E-state index contributed by atoms with van der Waals surface area (Å²) >= 11 is 2.90. The lowest BCUT2D eigenvalue weighted by Gasteiger charge is -2.12. The molecule has 0 radical (unpaired) electrons. The van der Waals surface area contributed by atoms with Crippen LogP contribution in [0.1, 0.15) is 195 Å². The molecule has 5 aliphatic carbocycles. The van der Waals surface area contributed by atoms with Gasteiger partial charge in [0, 0.05) is 108 Å². The van der Waals surface area contributed by atoms with Gasteiger partial charge in [0.2, 0.25) is 12.2 Å². The number of Topliss-reactive ketones (excluding diaryl/α,β-unsaturated/α-hetero) is 5. The van der Waals surface area contributed by atoms with Crippen LogP contribution in [0.15, 0.2) is 126 Å². The molecule has 1 N–H and O–H groups in total. The number of tetrazole rings is 1. The number of pyridine rings is 6. The first-order chi connectivity index (χ1) is 47.1. The Morgan fingerprint density at radius 1 is 0.458 bits per heavy atom. The van der Waals surface area contributed by atoms with Crippen molar-refractivity contribution in [3.8, 4) is 70.6 Å². The summed E-state index contributed by atoms with van der Waals surface area (Å²) in [5.74, 6) is 27.5. The molecule has 468 valence electrons. The number of carbonyl (C=O) groups is 5. The fourth-order valence-corrected chi connectivity index (χ4v) is 11.3. The predicted octanol–water partition coefficient (Wildman–Crippen LogP) is 8.92. The van der Waals surface area contributed by atoms with Gasteiger partial charge >= 0.3 is 0 Å². The zero-order valence-corrected chi connectivity index (χ0v) is 52.7. The van der Waals surface area contributed by atoms with Crippen molar-refractivity contribution in [3.05, 3.63) is 228 Å². The highest BCUT2D eigenvalue weighted by Crippen LogP contribution is 2.24. The summed E-state index contributed by atoms with van der Waals surface area (Å²) in [6, 6.07) is 24.8. The Hall–Kier alpha value is -12.3. The molecule has 0 saturated carbocycles. The number of H-pyrrole nitrogens is 1. The molecule has 16 rings (SSSR count). The number of fused-ring (bicyclic) bond motifs is 5. The third-order valence-corrected chi connectivity index (χ3v) is 16.3. The first-order valence-corrected chi connectivity index (χ1v) is 32.2. The summed E-state index contributed by atoms with van der Waals surface area (Å²) in [5, 5.41) is 31.3. The number of aryl methyl sites for hydroxylation is 5. The van der Waals surface area contributed by atoms with E-state index in [0.717, 1.165) is 137 Å². The van der Waals surface area contributed by atoms with Crippen molar-refractivity contribution in [1.29, 1.82) is 0 Å². The second-order valence-corrected chi connectivity index (χ2v) is 23.3. The molecular formula is C71H51N17O6S2. The molecule has 0 bridgehead atoms. The highest BCUT2D eigenvalue weighted by Gasteiger charge is 2.22. The topological polar surface area (TPSA) is 313 Å². The van der Waals surface area contributed by atoms with E-state index in [1.165, 1.54) is 29.1 Å². The van der Waals surface area contributed by atoms with E-state index in [0.29, 0.717) is 71.4 Å². The highest BCUT2D eigenvalue weighted by atomic mass is 32.1. The zero-order valence-electron chi connectivity index (χ0n) is 51.1. The fourth-order valence-electron chi connectivity index (χ4n) is 10.4. The van der Waals surface area contributed by atoms with Crippen molar-refractivity contribution in [1.82, 2.24) is 85.5 Å². The Morgan fingerprint density at radius 3 is 1.38 bits per heavy atom. The van der Waals surface area contributed by atoms with Crippen molar-refractivity contribution in [2.24, 2.45) is 0 Å². The third-order valence-electron chi connectivity index (χ3n) is 15.0. The summed E-state index contributed by atoms with van der Waals surface area (Å²) in [6.07, 6.45) is 21.7. The van der Waals surface area contributed by atoms with Gasteiger partial charge in [-0.25, -0.2) is 34.9 Å². The summed E-state index contributed by atoms with van der Waals surface area (Å²) in [5.41, 5.74) is 14.7. The van der Waals surface area contributed by atoms with Crippen LogP contribution in [-0.4, -0.2) is 114 Å². The maximum absolute atomic E-state index is 11.8. The second kappa shape index (κ2) is 31.3. The van der Waals surface area contributed by atoms with E-state index in [1.807, 2.05) is 48.0 Å². The molecule has 11 aromatic rings. The van der Waals surface area contributed by atoms with E-state index < -0.39 is 0 Å². The monoisotopic (exact) mass is 1300 g/mol. The molecule has 0 spiro atoms. The Bertz CT molecular complexity index is 4560. The predicted molar refractivity (Wildman–Crippen MR) is 350 cm³/mol. The van der Waals surface area contributed by atoms with Crippen LogP contribution < -0.4 is 0 Å². The van der Waals surface area contributed by atoms with E-state index in [9.17, 15) is 24.0 Å². The molecule has 25 heteroatoms. The zero-order chi connectivity index (χ0) is 65.8. The van der Waals surface area contributed by atoms with Gasteiger partial charge in [0.05, 0.1) is 34.2 Å². The maximum atomic E-state index is 11.8. The SMILES string of the molecule is O=C1CCCc2nc(C#Cc3nccs3)ccc21.O=C1CCCc2nc(C#Cc3nn[nH]n3)ccc21.O=C1CCCc2nc(C#Cc3nnco3)ccc21.O=C1CCCc2nc(C#Cc3nncs3)ccc21.O=C1CCCc2nc(C#Cn3cnc(-c4cccnc4)c3)ccc21. The Morgan fingerprint density at radius 2 is 0.948 bits per heavy atom. The van der Waals surface area contributed by atoms with Crippen LogP contribution in [0.4, 0.5) is 0 Å². The summed E-state index contributed by atoms with van der Waals surface area (Å²) in [6.45, 7) is 0. The summed E-state index contributed by atoms with van der Waals surface area (Å²) in [7, 11) is 0. The molecule has 96 heavy (non-hydrogen) atoms. The normalized spacial score (nSPS) is 13.5. The molecule has 0 aromatic carbocycles. The van der Waals surface area contributed by atoms with Gasteiger partial charge in [0.15, 0.2) is 38.9 Å². The standard InChI is InChI=1S/C19H14N4O.C14H10N2OS.C13H9N3O2.C13H9N3OS.C12H9N5O/c24-19-5-1-4-17-16(19)7-6-15(22-17)8-10-23-12-18(21-13-23)14-3-2-9-20-11-14;17-13-3-1-2-12-11(13)6-4-10(16-12)5-7-14-15-8-9-18-14;2*17-12-3-1-2-11-10(12)6-4-9(15-11)5-7-13-16-14-8-18-13;18-11-3-1-2-10-9(11)6-4-8(13-10)5-7-12-14-16-17-15-12/h2-3,6-7,9,11-13H,1,4-5H2;4,6,8-9H,1-3H2;2*4,6,8H,1-3H2;4,6H,1-3H2,(H,14,15,16,17). The number of aromatic nitrogens is 17. The lowest BCUT2D eigenvalue weighted by atomic mass is 9.94. The van der Waals surface area contributed by atoms with Crippen LogP contribution in [-0.2, 0) is 32.1 Å². The van der Waals surface area contributed by atoms with E-state index in [-0.39, 0.29) is 34.8 Å². The maximum Gasteiger partial charge on any atom is 0.294 e. The largest absolute Gasteiger partial charge is 0.417 e. The number of hydrogen-bond donors (Lipinski definition) is 1. The van der Waals surface area contributed by atoms with Crippen LogP contribution >= 0.6 is 22.7 Å². The smallest absolute Gasteiger partial charge is 0.294 e. The number of carbonyl (C=O) groups excluding carboxylic acids is 5. The van der Waals surface area contributed by atoms with Crippen molar-refractivity contribution >= 4 is 51.6 Å². The van der Waals surface area contributed by atoms with Crippen LogP contribution in [0, 0.1) is 59.3 Å². The highest BCUT2D eigenvalue weighted by molar-refractivity contribution is 7.10. The van der Waals surface area contributed by atoms with Crippen LogP contribution in [0.2, 0.25) is 0 Å². The third kappa shape index (κ3) is 17.0. The van der Waals surface area contributed by atoms with Crippen molar-refractivity contribution in [3.63, 3.8) is 0 Å². The lowest BCUT2D eigenvalue weighted by Crippen LogP contribution is -2.12. The van der Waals surface area contributed by atoms with Gasteiger partial charge < -0.3 is 4.42 Å². The van der Waals surface area contributed by atoms with Gasteiger partial charge in [0.1, 0.15) is 40.3 Å². The number of thiazole rings is 1. The van der Waals surface area contributed by atoms with E-state index >= 15 is 0 Å². The first kappa shape index (κ1) is 63.8. The Balaban J connectivity index is 0.000000115. The van der Waals surface area contributed by atoms with Crippen LogP contribution in [0.3, 0.4) is 0 Å². The number of rotatable bonds is 1. The van der Waals surface area contributed by atoms with E-state index in [1.54, 1.807) is 71.4 Å². The molecule has 0 atom stereocenters. The van der Waals surface area contributed by atoms with Crippen molar-refractivity contribution in [2.45, 2.75) is 96.3 Å². The van der Waals surface area contributed by atoms with E-state index in [4.69, 9.17) is 4.42 Å². The number of imidazole rings is 1. The van der Waals surface area contributed by atoms with Gasteiger partial charge in [-0.2, -0.15) is 5.21 Å². The van der Waals surface area contributed by atoms with Crippen LogP contribution in [0.25, 0.3) is 11.3 Å². The Labute approximate surface area is 557 Å². The minimum Gasteiger partial charge on any atom is -0.417 e. The molecule has 11 heterocycles. The quantitative estimate of drug-likeness (QED) is 0.150. The summed E-state index contributed by atoms with van der Waals surface area (Å²) in [4.78, 5) is 93.0. The summed E-state index contributed by atoms with van der Waals surface area (Å²) < 4.78 is 6.61. The molecule has 0 amide bonds. The average molecular weight is 1300 g/mol. The van der Waals surface area contributed by atoms with Gasteiger partial charge in [0.25, 0.3) is 5.89 Å². The lowest BCUT2D eigenvalue weighted by molar-refractivity contribution is 0.0963. The minimum atomic E-state index is 0.167. The van der Waals surface area contributed by atoms with Gasteiger partial charge in [-0.3, -0.25) is 33.5 Å². The average Bonchev–Trinajstić information content (AvgIpc) is 1.48. The van der Waals surface area contributed by atoms with Crippen molar-refractivity contribution < 1.29 is 28.4 Å². The minimum absolute atomic E-state index is 0.167. The van der Waals surface area contributed by atoms with E-state index in [2.05, 4.69) is 140 Å². The number of ketones is 5. The molecule has 0 unspecified atom stereocenters. The van der Waals surface area contributed by atoms with Gasteiger partial charge in [-0.15, -0.1) is 31.7 Å². The van der Waals surface area contributed by atoms with Gasteiger partial charge in [-0.05, 0) is 190 Å². The second-order valence-electron chi connectivity index (χ2n) is 21.5. The van der Waals surface area contributed by atoms with Crippen molar-refractivity contribution in [2.75, 3.05) is 0 Å². The molecule has 5 aliphatic rings. The molecule has 0 saturated heterocycles. The number of aromatic amines is 1. The fraction of sp³-hybridized carbons (Fsp3) is 0.211. The molecule has 11 aromatic heterocycles. The molecule has 0 aliphatic heterocycles. The first-order valence-electron chi connectivity index (χ1n) is 30.5. The number of nitrogens with zero attached hydrogens (tertiary/aromatic N) is 16. The number of hydrogen-bond acceptors (Lipinski definition) is 23. The molecule has 23 nitrogen and oxygen atoms in total. The van der Waals surface area contributed by atoms with Crippen LogP contribution in [0.5, 0.6) is 0 Å². The van der Waals surface area contributed by atoms with Gasteiger partial charge in [-0.1, -0.05) is 21.5 Å². The molecule has 0 fully saturated rings. The number of nitrogens with one attached hydrogen (secondary N) is 1. The Kier molecular flexibility index (Phi) is 20.8. The molecular weight excluding hydrogens is 1250 g/mol.